The highest BCUT2D eigenvalue weighted by Crippen LogP contribution is 2.28. The molecule has 0 radical (unpaired) electrons. The molecule has 1 atom stereocenters. The van der Waals surface area contributed by atoms with Crippen molar-refractivity contribution in [1.29, 1.82) is 0 Å². The van der Waals surface area contributed by atoms with Gasteiger partial charge in [0.05, 0.1) is 5.69 Å². The fraction of sp³-hybridized carbons (Fsp3) is 0.423. The Hall–Kier alpha value is -3.39. The van der Waals surface area contributed by atoms with Crippen LogP contribution in [0.2, 0.25) is 0 Å². The third-order valence-corrected chi connectivity index (χ3v) is 6.42. The van der Waals surface area contributed by atoms with E-state index in [4.69, 9.17) is 4.98 Å². The van der Waals surface area contributed by atoms with Gasteiger partial charge in [-0.25, -0.2) is 4.98 Å². The van der Waals surface area contributed by atoms with Gasteiger partial charge in [0.2, 0.25) is 5.91 Å². The van der Waals surface area contributed by atoms with Crippen molar-refractivity contribution in [2.24, 2.45) is 12.5 Å². The standard InChI is InChI=1S/C26H34N6O2/c1-26(2,3)22(25(34)27-4)29-24(33)21-20-17-31(16-19-12-9-13-30(19)5)14-15-32(20)23(28-21)18-10-7-6-8-11-18/h6-13,22H,14-17H2,1-5H3,(H,27,34)(H,29,33). The van der Waals surface area contributed by atoms with Gasteiger partial charge in [-0.15, -0.1) is 0 Å². The van der Waals surface area contributed by atoms with Crippen LogP contribution in [-0.4, -0.2) is 50.5 Å². The minimum Gasteiger partial charge on any atom is -0.357 e. The van der Waals surface area contributed by atoms with Crippen molar-refractivity contribution in [2.45, 2.75) is 46.4 Å². The number of rotatable bonds is 6. The second-order valence-electron chi connectivity index (χ2n) is 9.96. The number of benzene rings is 1. The second kappa shape index (κ2) is 9.46. The molecule has 1 aliphatic rings. The van der Waals surface area contributed by atoms with E-state index in [1.54, 1.807) is 7.05 Å². The lowest BCUT2D eigenvalue weighted by Gasteiger charge is -2.31. The lowest BCUT2D eigenvalue weighted by molar-refractivity contribution is -0.124. The molecule has 2 N–H and O–H groups in total. The van der Waals surface area contributed by atoms with Crippen molar-refractivity contribution in [3.05, 3.63) is 65.7 Å². The summed E-state index contributed by atoms with van der Waals surface area (Å²) in [7, 11) is 3.63. The number of nitrogens with zero attached hydrogens (tertiary/aromatic N) is 4. The monoisotopic (exact) mass is 462 g/mol. The number of likely N-dealkylation sites (N-methyl/N-ethyl adjacent to an activating group) is 1. The minimum absolute atomic E-state index is 0.220. The van der Waals surface area contributed by atoms with Gasteiger partial charge in [-0.05, 0) is 17.5 Å². The van der Waals surface area contributed by atoms with Crippen LogP contribution in [0.5, 0.6) is 0 Å². The van der Waals surface area contributed by atoms with Crippen LogP contribution in [0.3, 0.4) is 0 Å². The fourth-order valence-electron chi connectivity index (χ4n) is 4.45. The summed E-state index contributed by atoms with van der Waals surface area (Å²) in [5, 5.41) is 5.63. The van der Waals surface area contributed by atoms with Gasteiger partial charge in [-0.3, -0.25) is 14.5 Å². The molecule has 0 fully saturated rings. The number of hydrogen-bond acceptors (Lipinski definition) is 4. The first-order valence-corrected chi connectivity index (χ1v) is 11.7. The number of carbonyl (C=O) groups excluding carboxylic acids is 2. The predicted octanol–water partition coefficient (Wildman–Crippen LogP) is 2.79. The smallest absolute Gasteiger partial charge is 0.272 e. The molecule has 1 aromatic carbocycles. The Labute approximate surface area is 201 Å². The molecule has 180 valence electrons. The summed E-state index contributed by atoms with van der Waals surface area (Å²) in [5.41, 5.74) is 3.00. The molecule has 34 heavy (non-hydrogen) atoms. The maximum absolute atomic E-state index is 13.5. The molecule has 0 bridgehead atoms. The lowest BCUT2D eigenvalue weighted by atomic mass is 9.86. The fourth-order valence-corrected chi connectivity index (χ4v) is 4.45. The Bertz CT molecular complexity index is 1170. The molecule has 3 heterocycles. The summed E-state index contributed by atoms with van der Waals surface area (Å²) in [6.45, 7) is 8.81. The molecule has 3 aromatic rings. The van der Waals surface area contributed by atoms with Crippen LogP contribution in [-0.2, 0) is 31.5 Å². The van der Waals surface area contributed by atoms with Gasteiger partial charge in [-0.1, -0.05) is 51.1 Å². The van der Waals surface area contributed by atoms with E-state index < -0.39 is 11.5 Å². The Morgan fingerprint density at radius 2 is 1.82 bits per heavy atom. The largest absolute Gasteiger partial charge is 0.357 e. The molecule has 8 nitrogen and oxygen atoms in total. The summed E-state index contributed by atoms with van der Waals surface area (Å²) in [6, 6.07) is 13.4. The van der Waals surface area contributed by atoms with Gasteiger partial charge in [0, 0.05) is 57.7 Å². The molecular weight excluding hydrogens is 428 g/mol. The van der Waals surface area contributed by atoms with Crippen molar-refractivity contribution >= 4 is 11.8 Å². The summed E-state index contributed by atoms with van der Waals surface area (Å²) < 4.78 is 4.27. The summed E-state index contributed by atoms with van der Waals surface area (Å²) in [5.74, 6) is 0.240. The zero-order valence-electron chi connectivity index (χ0n) is 20.6. The Morgan fingerprint density at radius 3 is 2.44 bits per heavy atom. The maximum Gasteiger partial charge on any atom is 0.272 e. The highest BCUT2D eigenvalue weighted by atomic mass is 16.2. The van der Waals surface area contributed by atoms with Gasteiger partial charge in [0.1, 0.15) is 11.9 Å². The molecule has 8 heteroatoms. The molecule has 0 saturated carbocycles. The van der Waals surface area contributed by atoms with E-state index in [-0.39, 0.29) is 11.8 Å². The van der Waals surface area contributed by atoms with Gasteiger partial charge in [0.15, 0.2) is 5.69 Å². The van der Waals surface area contributed by atoms with Crippen molar-refractivity contribution in [2.75, 3.05) is 13.6 Å². The van der Waals surface area contributed by atoms with Gasteiger partial charge in [-0.2, -0.15) is 0 Å². The highest BCUT2D eigenvalue weighted by molar-refractivity contribution is 5.97. The lowest BCUT2D eigenvalue weighted by Crippen LogP contribution is -2.53. The quantitative estimate of drug-likeness (QED) is 0.590. The van der Waals surface area contributed by atoms with Crippen molar-refractivity contribution in [1.82, 2.24) is 29.7 Å². The third-order valence-electron chi connectivity index (χ3n) is 6.42. The number of aryl methyl sites for hydroxylation is 1. The van der Waals surface area contributed by atoms with Crippen molar-refractivity contribution < 1.29 is 9.59 Å². The third kappa shape index (κ3) is 4.77. The van der Waals surface area contributed by atoms with Crippen molar-refractivity contribution in [3.8, 4) is 11.4 Å². The predicted molar refractivity (Wildman–Crippen MR) is 132 cm³/mol. The molecule has 1 unspecified atom stereocenters. The molecule has 0 spiro atoms. The van der Waals surface area contributed by atoms with Crippen LogP contribution in [0.25, 0.3) is 11.4 Å². The van der Waals surface area contributed by atoms with E-state index in [9.17, 15) is 9.59 Å². The summed E-state index contributed by atoms with van der Waals surface area (Å²) >= 11 is 0. The maximum atomic E-state index is 13.5. The van der Waals surface area contributed by atoms with E-state index in [0.717, 1.165) is 36.7 Å². The number of carbonyl (C=O) groups is 2. The van der Waals surface area contributed by atoms with E-state index in [0.29, 0.717) is 12.2 Å². The number of amides is 2. The van der Waals surface area contributed by atoms with E-state index in [2.05, 4.69) is 30.7 Å². The Balaban J connectivity index is 1.69. The highest BCUT2D eigenvalue weighted by Gasteiger charge is 2.35. The molecule has 4 rings (SSSR count). The van der Waals surface area contributed by atoms with E-state index in [1.807, 2.05) is 70.4 Å². The van der Waals surface area contributed by atoms with Gasteiger partial charge < -0.3 is 19.8 Å². The summed E-state index contributed by atoms with van der Waals surface area (Å²) in [6.07, 6.45) is 2.04. The number of nitrogens with one attached hydrogen (secondary N) is 2. The summed E-state index contributed by atoms with van der Waals surface area (Å²) in [4.78, 5) is 33.2. The van der Waals surface area contributed by atoms with E-state index in [1.165, 1.54) is 5.69 Å². The number of hydrogen-bond donors (Lipinski definition) is 2. The average Bonchev–Trinajstić information content (AvgIpc) is 3.40. The number of fused-ring (bicyclic) bond motifs is 1. The van der Waals surface area contributed by atoms with Crippen molar-refractivity contribution in [3.63, 3.8) is 0 Å². The zero-order chi connectivity index (χ0) is 24.5. The van der Waals surface area contributed by atoms with Crippen LogP contribution >= 0.6 is 0 Å². The second-order valence-corrected chi connectivity index (χ2v) is 9.96. The SMILES string of the molecule is CNC(=O)C(NC(=O)c1nc(-c2ccccc2)n2c1CN(Cc1cccn1C)CC2)C(C)(C)C. The molecular formula is C26H34N6O2. The molecule has 1 aliphatic heterocycles. The molecule has 0 aliphatic carbocycles. The van der Waals surface area contributed by atoms with Crippen LogP contribution in [0.4, 0.5) is 0 Å². The first-order chi connectivity index (χ1) is 16.2. The first-order valence-electron chi connectivity index (χ1n) is 11.7. The normalized spacial score (nSPS) is 15.0. The van der Waals surface area contributed by atoms with Crippen LogP contribution in [0.1, 0.15) is 42.6 Å². The minimum atomic E-state index is -0.675. The Kier molecular flexibility index (Phi) is 6.61. The van der Waals surface area contributed by atoms with Crippen LogP contribution in [0, 0.1) is 5.41 Å². The first kappa shape index (κ1) is 23.8. The number of aromatic nitrogens is 3. The van der Waals surface area contributed by atoms with Gasteiger partial charge in [0.25, 0.3) is 5.91 Å². The molecule has 2 amide bonds. The number of imidazole rings is 1. The Morgan fingerprint density at radius 1 is 1.09 bits per heavy atom. The van der Waals surface area contributed by atoms with Gasteiger partial charge >= 0.3 is 0 Å². The molecule has 0 saturated heterocycles. The average molecular weight is 463 g/mol. The topological polar surface area (TPSA) is 84.2 Å². The zero-order valence-corrected chi connectivity index (χ0v) is 20.6. The van der Waals surface area contributed by atoms with E-state index >= 15 is 0 Å². The van der Waals surface area contributed by atoms with Crippen LogP contribution < -0.4 is 10.6 Å². The molecule has 2 aromatic heterocycles. The van der Waals surface area contributed by atoms with Crippen LogP contribution in [0.15, 0.2) is 48.7 Å².